The van der Waals surface area contributed by atoms with Crippen LogP contribution in [-0.2, 0) is 6.42 Å². The number of ether oxygens (including phenoxy) is 2. The number of aryl methyl sites for hydroxylation is 2. The highest BCUT2D eigenvalue weighted by molar-refractivity contribution is 5.88. The van der Waals surface area contributed by atoms with Crippen molar-refractivity contribution in [2.24, 2.45) is 0 Å². The number of aromatic amines is 1. The average Bonchev–Trinajstić information content (AvgIpc) is 2.64. The van der Waals surface area contributed by atoms with E-state index in [-0.39, 0.29) is 0 Å². The van der Waals surface area contributed by atoms with Crippen LogP contribution >= 0.6 is 0 Å². The second-order valence-corrected chi connectivity index (χ2v) is 4.23. The Labute approximate surface area is 102 Å². The number of H-pyrrole nitrogens is 1. The van der Waals surface area contributed by atoms with E-state index in [2.05, 4.69) is 24.9 Å². The van der Waals surface area contributed by atoms with E-state index < -0.39 is 0 Å². The normalized spacial score (nSPS) is 10.8. The molecule has 0 bridgehead atoms. The lowest BCUT2D eigenvalue weighted by atomic mass is 10.1. The van der Waals surface area contributed by atoms with Crippen LogP contribution in [0.3, 0.4) is 0 Å². The molecule has 1 N–H and O–H groups in total. The van der Waals surface area contributed by atoms with Crippen LogP contribution in [0.4, 0.5) is 0 Å². The summed E-state index contributed by atoms with van der Waals surface area (Å²) in [5, 5.41) is 1.24. The molecule has 3 nitrogen and oxygen atoms in total. The van der Waals surface area contributed by atoms with Crippen molar-refractivity contribution < 1.29 is 9.47 Å². The minimum Gasteiger partial charge on any atom is -0.493 e. The lowest BCUT2D eigenvalue weighted by Crippen LogP contribution is -1.90. The van der Waals surface area contributed by atoms with Crippen LogP contribution in [0.2, 0.25) is 0 Å². The first-order valence-corrected chi connectivity index (χ1v) is 5.94. The summed E-state index contributed by atoms with van der Waals surface area (Å²) in [5.41, 5.74) is 3.73. The summed E-state index contributed by atoms with van der Waals surface area (Å²) in [6, 6.07) is 4.06. The van der Waals surface area contributed by atoms with Crippen LogP contribution in [0.1, 0.15) is 24.6 Å². The zero-order valence-corrected chi connectivity index (χ0v) is 10.9. The molecule has 0 radical (unpaired) electrons. The number of benzene rings is 1. The average molecular weight is 233 g/mol. The maximum Gasteiger partial charge on any atom is 0.162 e. The van der Waals surface area contributed by atoms with Gasteiger partial charge < -0.3 is 14.5 Å². The molecule has 0 fully saturated rings. The molecule has 0 aliphatic heterocycles. The third-order valence-corrected chi connectivity index (χ3v) is 3.12. The van der Waals surface area contributed by atoms with Gasteiger partial charge in [-0.05, 0) is 25.0 Å². The number of aromatic nitrogens is 1. The van der Waals surface area contributed by atoms with E-state index in [1.807, 2.05) is 6.07 Å². The summed E-state index contributed by atoms with van der Waals surface area (Å²) in [5.74, 6) is 1.56. The van der Waals surface area contributed by atoms with Gasteiger partial charge in [0.25, 0.3) is 0 Å². The molecule has 0 aliphatic rings. The summed E-state index contributed by atoms with van der Waals surface area (Å²) < 4.78 is 10.7. The molecule has 0 unspecified atom stereocenters. The van der Waals surface area contributed by atoms with E-state index in [4.69, 9.17) is 9.47 Å². The fourth-order valence-electron chi connectivity index (χ4n) is 2.28. The highest BCUT2D eigenvalue weighted by Gasteiger charge is 2.12. The van der Waals surface area contributed by atoms with Crippen molar-refractivity contribution in [3.63, 3.8) is 0 Å². The largest absolute Gasteiger partial charge is 0.493 e. The topological polar surface area (TPSA) is 34.2 Å². The second-order valence-electron chi connectivity index (χ2n) is 4.23. The SMILES string of the molecule is CCCc1c(C)[nH]c2cc(OC)c(OC)cc12. The van der Waals surface area contributed by atoms with Gasteiger partial charge in [-0.15, -0.1) is 0 Å². The molecule has 2 aromatic rings. The van der Waals surface area contributed by atoms with Crippen molar-refractivity contribution in [3.8, 4) is 11.5 Å². The van der Waals surface area contributed by atoms with Gasteiger partial charge in [-0.3, -0.25) is 0 Å². The summed E-state index contributed by atoms with van der Waals surface area (Å²) in [6.45, 7) is 4.31. The maximum absolute atomic E-state index is 5.35. The van der Waals surface area contributed by atoms with E-state index in [1.165, 1.54) is 16.6 Å². The van der Waals surface area contributed by atoms with Crippen LogP contribution in [0.5, 0.6) is 11.5 Å². The van der Waals surface area contributed by atoms with Gasteiger partial charge in [0, 0.05) is 22.7 Å². The van der Waals surface area contributed by atoms with Gasteiger partial charge in [0.2, 0.25) is 0 Å². The van der Waals surface area contributed by atoms with E-state index in [1.54, 1.807) is 14.2 Å². The Balaban J connectivity index is 2.65. The van der Waals surface area contributed by atoms with Crippen LogP contribution in [0.15, 0.2) is 12.1 Å². The quantitative estimate of drug-likeness (QED) is 0.877. The molecular formula is C14H19NO2. The third-order valence-electron chi connectivity index (χ3n) is 3.12. The van der Waals surface area contributed by atoms with Gasteiger partial charge in [-0.25, -0.2) is 0 Å². The van der Waals surface area contributed by atoms with Crippen molar-refractivity contribution in [1.82, 2.24) is 4.98 Å². The summed E-state index contributed by atoms with van der Waals surface area (Å²) in [4.78, 5) is 3.40. The minimum absolute atomic E-state index is 0.768. The van der Waals surface area contributed by atoms with Gasteiger partial charge in [-0.2, -0.15) is 0 Å². The maximum atomic E-state index is 5.35. The van der Waals surface area contributed by atoms with Crippen LogP contribution < -0.4 is 9.47 Å². The number of fused-ring (bicyclic) bond motifs is 1. The number of hydrogen-bond donors (Lipinski definition) is 1. The number of hydrogen-bond acceptors (Lipinski definition) is 2. The molecule has 1 aromatic carbocycles. The van der Waals surface area contributed by atoms with Crippen LogP contribution in [0, 0.1) is 6.92 Å². The molecule has 0 atom stereocenters. The second kappa shape index (κ2) is 4.70. The van der Waals surface area contributed by atoms with Gasteiger partial charge in [-0.1, -0.05) is 13.3 Å². The van der Waals surface area contributed by atoms with Crippen LogP contribution in [-0.4, -0.2) is 19.2 Å². The van der Waals surface area contributed by atoms with E-state index in [0.29, 0.717) is 0 Å². The number of methoxy groups -OCH3 is 2. The van der Waals surface area contributed by atoms with E-state index >= 15 is 0 Å². The Bertz CT molecular complexity index is 528. The van der Waals surface area contributed by atoms with Crippen molar-refractivity contribution in [2.75, 3.05) is 14.2 Å². The molecule has 0 saturated heterocycles. The minimum atomic E-state index is 0.768. The Kier molecular flexibility index (Phi) is 3.27. The summed E-state index contributed by atoms with van der Waals surface area (Å²) in [6.07, 6.45) is 2.23. The molecular weight excluding hydrogens is 214 g/mol. The molecule has 1 heterocycles. The molecule has 3 heteroatoms. The van der Waals surface area contributed by atoms with E-state index in [9.17, 15) is 0 Å². The predicted octanol–water partition coefficient (Wildman–Crippen LogP) is 3.45. The lowest BCUT2D eigenvalue weighted by molar-refractivity contribution is 0.356. The third kappa shape index (κ3) is 1.97. The summed E-state index contributed by atoms with van der Waals surface area (Å²) >= 11 is 0. The number of rotatable bonds is 4. The Morgan fingerprint density at radius 3 is 2.35 bits per heavy atom. The highest BCUT2D eigenvalue weighted by Crippen LogP contribution is 2.34. The van der Waals surface area contributed by atoms with Crippen molar-refractivity contribution in [2.45, 2.75) is 26.7 Å². The van der Waals surface area contributed by atoms with Gasteiger partial charge >= 0.3 is 0 Å². The zero-order valence-electron chi connectivity index (χ0n) is 10.9. The fourth-order valence-corrected chi connectivity index (χ4v) is 2.28. The first kappa shape index (κ1) is 11.8. The Morgan fingerprint density at radius 2 is 1.76 bits per heavy atom. The first-order valence-electron chi connectivity index (χ1n) is 5.94. The molecule has 0 aliphatic carbocycles. The van der Waals surface area contributed by atoms with Crippen molar-refractivity contribution >= 4 is 10.9 Å². The molecule has 1 aromatic heterocycles. The van der Waals surface area contributed by atoms with Crippen molar-refractivity contribution in [3.05, 3.63) is 23.4 Å². The molecule has 0 amide bonds. The molecule has 92 valence electrons. The molecule has 0 saturated carbocycles. The lowest BCUT2D eigenvalue weighted by Gasteiger charge is -2.07. The Morgan fingerprint density at radius 1 is 1.12 bits per heavy atom. The smallest absolute Gasteiger partial charge is 0.162 e. The first-order chi connectivity index (χ1) is 8.21. The van der Waals surface area contributed by atoms with Gasteiger partial charge in [0.1, 0.15) is 0 Å². The molecule has 17 heavy (non-hydrogen) atoms. The molecule has 0 spiro atoms. The predicted molar refractivity (Wildman–Crippen MR) is 70.1 cm³/mol. The number of nitrogens with one attached hydrogen (secondary N) is 1. The van der Waals surface area contributed by atoms with Gasteiger partial charge in [0.05, 0.1) is 14.2 Å². The monoisotopic (exact) mass is 233 g/mol. The van der Waals surface area contributed by atoms with E-state index in [0.717, 1.165) is 29.9 Å². The van der Waals surface area contributed by atoms with Crippen molar-refractivity contribution in [1.29, 1.82) is 0 Å². The van der Waals surface area contributed by atoms with Gasteiger partial charge in [0.15, 0.2) is 11.5 Å². The van der Waals surface area contributed by atoms with Crippen LogP contribution in [0.25, 0.3) is 10.9 Å². The zero-order chi connectivity index (χ0) is 12.4. The fraction of sp³-hybridized carbons (Fsp3) is 0.429. The standard InChI is InChI=1S/C14H19NO2/c1-5-6-10-9(2)15-12-8-14(17-4)13(16-3)7-11(10)12/h7-8,15H,5-6H2,1-4H3. The molecule has 2 rings (SSSR count). The Hall–Kier alpha value is -1.64. The summed E-state index contributed by atoms with van der Waals surface area (Å²) in [7, 11) is 3.33. The highest BCUT2D eigenvalue weighted by atomic mass is 16.5.